The van der Waals surface area contributed by atoms with Gasteiger partial charge in [0.2, 0.25) is 0 Å². The number of nitrogens with zero attached hydrogens (tertiary/aromatic N) is 1. The molecule has 1 N–H and O–H groups in total. The van der Waals surface area contributed by atoms with Gasteiger partial charge in [0.05, 0.1) is 0 Å². The summed E-state index contributed by atoms with van der Waals surface area (Å²) in [5.74, 6) is -1.05. The van der Waals surface area contributed by atoms with Gasteiger partial charge in [-0.1, -0.05) is 91.0 Å². The molecule has 0 spiro atoms. The summed E-state index contributed by atoms with van der Waals surface area (Å²) in [4.78, 5) is 39.1. The third kappa shape index (κ3) is 8.09. The third-order valence-electron chi connectivity index (χ3n) is 5.10. The molecule has 0 saturated carbocycles. The first-order chi connectivity index (χ1) is 16.5. The fourth-order valence-electron chi connectivity index (χ4n) is 3.24. The van der Waals surface area contributed by atoms with Crippen LogP contribution in [0, 0.1) is 0 Å². The highest BCUT2D eigenvalue weighted by atomic mass is 16.6. The molecule has 1 atom stereocenters. The molecule has 0 aromatic heterocycles. The predicted octanol–water partition coefficient (Wildman–Crippen LogP) is 3.73. The number of hydrogen-bond donors (Lipinski definition) is 1. The Balaban J connectivity index is 1.56. The van der Waals surface area contributed by atoms with Crippen molar-refractivity contribution in [1.82, 2.24) is 10.2 Å². The topological polar surface area (TPSA) is 84.9 Å². The number of benzene rings is 3. The van der Waals surface area contributed by atoms with Crippen molar-refractivity contribution in [2.75, 3.05) is 13.7 Å². The van der Waals surface area contributed by atoms with Gasteiger partial charge in [0.25, 0.3) is 5.91 Å². The van der Waals surface area contributed by atoms with Crippen LogP contribution < -0.4 is 5.32 Å². The summed E-state index contributed by atoms with van der Waals surface area (Å²) in [6.45, 7) is 0.0471. The molecule has 7 nitrogen and oxygen atoms in total. The van der Waals surface area contributed by atoms with Crippen molar-refractivity contribution >= 4 is 18.0 Å². The van der Waals surface area contributed by atoms with Crippen LogP contribution in [0.2, 0.25) is 0 Å². The maximum Gasteiger partial charge on any atom is 0.408 e. The normalized spacial score (nSPS) is 11.2. The second-order valence-corrected chi connectivity index (χ2v) is 7.79. The van der Waals surface area contributed by atoms with Gasteiger partial charge in [-0.2, -0.15) is 0 Å². The van der Waals surface area contributed by atoms with Gasteiger partial charge in [0.1, 0.15) is 12.6 Å². The number of carbonyl (C=O) groups excluding carboxylic acids is 3. The fraction of sp³-hybridized carbons (Fsp3) is 0.222. The average Bonchev–Trinajstić information content (AvgIpc) is 2.87. The monoisotopic (exact) mass is 460 g/mol. The molecule has 0 aliphatic carbocycles. The first-order valence-corrected chi connectivity index (χ1v) is 11.0. The first kappa shape index (κ1) is 24.5. The summed E-state index contributed by atoms with van der Waals surface area (Å²) in [6, 6.07) is 27.0. The Kier molecular flexibility index (Phi) is 9.22. The van der Waals surface area contributed by atoms with Gasteiger partial charge in [-0.15, -0.1) is 0 Å². The highest BCUT2D eigenvalue weighted by Gasteiger charge is 2.25. The minimum atomic E-state index is -1.00. The smallest absolute Gasteiger partial charge is 0.408 e. The lowest BCUT2D eigenvalue weighted by Gasteiger charge is -2.20. The molecule has 176 valence electrons. The molecule has 0 aliphatic heterocycles. The number of amides is 2. The van der Waals surface area contributed by atoms with Crippen LogP contribution in [0.5, 0.6) is 0 Å². The van der Waals surface area contributed by atoms with E-state index in [1.807, 2.05) is 91.0 Å². The Hall–Kier alpha value is -4.13. The molecule has 0 unspecified atom stereocenters. The summed E-state index contributed by atoms with van der Waals surface area (Å²) < 4.78 is 10.5. The summed E-state index contributed by atoms with van der Waals surface area (Å²) in [6.07, 6.45) is -0.539. The van der Waals surface area contributed by atoms with Crippen molar-refractivity contribution < 1.29 is 23.9 Å². The lowest BCUT2D eigenvalue weighted by Crippen LogP contribution is -2.44. The lowest BCUT2D eigenvalue weighted by molar-refractivity contribution is -0.153. The fourth-order valence-corrected chi connectivity index (χ4v) is 3.24. The van der Waals surface area contributed by atoms with Gasteiger partial charge in [0, 0.05) is 20.0 Å². The quantitative estimate of drug-likeness (QED) is 0.466. The molecule has 0 saturated heterocycles. The van der Waals surface area contributed by atoms with Crippen molar-refractivity contribution in [3.05, 3.63) is 108 Å². The van der Waals surface area contributed by atoms with Crippen LogP contribution >= 0.6 is 0 Å². The van der Waals surface area contributed by atoms with E-state index in [1.54, 1.807) is 7.05 Å². The first-order valence-electron chi connectivity index (χ1n) is 11.0. The van der Waals surface area contributed by atoms with Crippen molar-refractivity contribution in [1.29, 1.82) is 0 Å². The van der Waals surface area contributed by atoms with Gasteiger partial charge < -0.3 is 19.7 Å². The van der Waals surface area contributed by atoms with Gasteiger partial charge in [-0.25, -0.2) is 9.59 Å². The average molecular weight is 461 g/mol. The molecule has 3 aromatic carbocycles. The predicted molar refractivity (Wildman–Crippen MR) is 128 cm³/mol. The van der Waals surface area contributed by atoms with Crippen LogP contribution in [0.3, 0.4) is 0 Å². The van der Waals surface area contributed by atoms with Crippen LogP contribution in [0.4, 0.5) is 4.79 Å². The van der Waals surface area contributed by atoms with E-state index in [-0.39, 0.29) is 18.9 Å². The lowest BCUT2D eigenvalue weighted by atomic mass is 10.1. The van der Waals surface area contributed by atoms with E-state index in [0.29, 0.717) is 6.54 Å². The molecule has 0 bridgehead atoms. The number of hydrogen-bond acceptors (Lipinski definition) is 5. The van der Waals surface area contributed by atoms with E-state index >= 15 is 0 Å². The zero-order valence-corrected chi connectivity index (χ0v) is 19.1. The second-order valence-electron chi connectivity index (χ2n) is 7.79. The SMILES string of the molecule is CN(Cc1ccccc1)C(=O)COC(=O)[C@H](Cc1ccccc1)NC(=O)OCc1ccccc1. The van der Waals surface area contributed by atoms with E-state index in [0.717, 1.165) is 16.7 Å². The Bertz CT molecular complexity index is 1060. The Morgan fingerprint density at radius 2 is 1.29 bits per heavy atom. The van der Waals surface area contributed by atoms with Crippen LogP contribution in [0.1, 0.15) is 16.7 Å². The third-order valence-corrected chi connectivity index (χ3v) is 5.10. The Morgan fingerprint density at radius 1 is 0.765 bits per heavy atom. The maximum atomic E-state index is 12.8. The molecular weight excluding hydrogens is 432 g/mol. The maximum absolute atomic E-state index is 12.8. The minimum absolute atomic E-state index is 0.0720. The Labute approximate surface area is 199 Å². The standard InChI is InChI=1S/C27H28N2O5/c1-29(18-22-13-7-3-8-14-22)25(30)20-33-26(31)24(17-21-11-5-2-6-12-21)28-27(32)34-19-23-15-9-4-10-16-23/h2-16,24H,17-20H2,1H3,(H,28,32)/t24-/m0/s1. The number of esters is 1. The largest absolute Gasteiger partial charge is 0.454 e. The van der Waals surface area contributed by atoms with Crippen LogP contribution in [0.25, 0.3) is 0 Å². The minimum Gasteiger partial charge on any atom is -0.454 e. The molecule has 0 radical (unpaired) electrons. The number of alkyl carbamates (subject to hydrolysis) is 1. The molecule has 0 aliphatic rings. The molecule has 7 heteroatoms. The van der Waals surface area contributed by atoms with E-state index < -0.39 is 24.7 Å². The molecule has 3 aromatic rings. The van der Waals surface area contributed by atoms with Gasteiger partial charge in [0.15, 0.2) is 6.61 Å². The molecule has 34 heavy (non-hydrogen) atoms. The van der Waals surface area contributed by atoms with Crippen LogP contribution in [-0.4, -0.2) is 42.6 Å². The summed E-state index contributed by atoms with van der Waals surface area (Å²) in [7, 11) is 1.64. The zero-order valence-electron chi connectivity index (χ0n) is 19.1. The molecular formula is C27H28N2O5. The summed E-state index contributed by atoms with van der Waals surface area (Å²) >= 11 is 0. The Morgan fingerprint density at radius 3 is 1.88 bits per heavy atom. The molecule has 0 heterocycles. The highest BCUT2D eigenvalue weighted by molar-refractivity contribution is 5.85. The molecule has 3 rings (SSSR count). The number of nitrogens with one attached hydrogen (secondary N) is 1. The highest BCUT2D eigenvalue weighted by Crippen LogP contribution is 2.08. The van der Waals surface area contributed by atoms with Crippen LogP contribution in [-0.2, 0) is 38.6 Å². The zero-order chi connectivity index (χ0) is 24.2. The number of ether oxygens (including phenoxy) is 2. The van der Waals surface area contributed by atoms with E-state index in [2.05, 4.69) is 5.32 Å². The van der Waals surface area contributed by atoms with E-state index in [1.165, 1.54) is 4.90 Å². The van der Waals surface area contributed by atoms with Crippen molar-refractivity contribution in [2.24, 2.45) is 0 Å². The van der Waals surface area contributed by atoms with Gasteiger partial charge in [-0.3, -0.25) is 4.79 Å². The molecule has 2 amide bonds. The molecule has 0 fully saturated rings. The second kappa shape index (κ2) is 12.8. The van der Waals surface area contributed by atoms with Gasteiger partial charge >= 0.3 is 12.1 Å². The van der Waals surface area contributed by atoms with Crippen molar-refractivity contribution in [3.8, 4) is 0 Å². The van der Waals surface area contributed by atoms with E-state index in [9.17, 15) is 14.4 Å². The number of likely N-dealkylation sites (N-methyl/N-ethyl adjacent to an activating group) is 1. The van der Waals surface area contributed by atoms with Crippen LogP contribution in [0.15, 0.2) is 91.0 Å². The summed E-state index contributed by atoms with van der Waals surface area (Å²) in [5, 5.41) is 2.57. The van der Waals surface area contributed by atoms with Crippen molar-refractivity contribution in [3.63, 3.8) is 0 Å². The number of rotatable bonds is 10. The van der Waals surface area contributed by atoms with Crippen molar-refractivity contribution in [2.45, 2.75) is 25.6 Å². The van der Waals surface area contributed by atoms with E-state index in [4.69, 9.17) is 9.47 Å². The van der Waals surface area contributed by atoms with Gasteiger partial charge in [-0.05, 0) is 16.7 Å². The number of carbonyl (C=O) groups is 3. The summed E-state index contributed by atoms with van der Waals surface area (Å²) in [5.41, 5.74) is 2.63.